The van der Waals surface area contributed by atoms with Crippen molar-refractivity contribution in [1.29, 1.82) is 0 Å². The number of rotatable bonds is 2. The molecule has 0 aromatic carbocycles. The van der Waals surface area contributed by atoms with Crippen molar-refractivity contribution in [2.75, 3.05) is 6.54 Å². The second-order valence-electron chi connectivity index (χ2n) is 1.32. The average molecular weight is 154 g/mol. The van der Waals surface area contributed by atoms with Gasteiger partial charge < -0.3 is 5.32 Å². The molecule has 57 valence electrons. The van der Waals surface area contributed by atoms with Crippen LogP contribution in [0.4, 0.5) is 13.2 Å². The Morgan fingerprint density at radius 2 is 2.00 bits per heavy atom. The maximum Gasteiger partial charge on any atom is 0.471 e. The van der Waals surface area contributed by atoms with Crippen LogP contribution in [-0.2, 0) is 9.59 Å². The van der Waals surface area contributed by atoms with E-state index in [1.807, 2.05) is 0 Å². The van der Waals surface area contributed by atoms with E-state index in [0.29, 0.717) is 0 Å². The Labute approximate surface area is 54.2 Å². The van der Waals surface area contributed by atoms with E-state index in [2.05, 4.69) is 0 Å². The van der Waals surface area contributed by atoms with Crippen molar-refractivity contribution in [3.8, 4) is 0 Å². The summed E-state index contributed by atoms with van der Waals surface area (Å²) in [5, 5.41) is 1.28. The van der Waals surface area contributed by atoms with E-state index in [1.165, 1.54) is 5.32 Å². The molecule has 1 amide bonds. The topological polar surface area (TPSA) is 46.2 Å². The van der Waals surface area contributed by atoms with E-state index >= 15 is 0 Å². The number of carbonyl (C=O) groups is 1. The van der Waals surface area contributed by atoms with Gasteiger partial charge in [-0.2, -0.15) is 13.2 Å². The third kappa shape index (κ3) is 3.06. The summed E-state index contributed by atoms with van der Waals surface area (Å²) in [6, 6.07) is 0. The van der Waals surface area contributed by atoms with E-state index in [1.54, 1.807) is 0 Å². The van der Waals surface area contributed by atoms with Gasteiger partial charge in [-0.25, -0.2) is 0 Å². The first-order valence-corrected chi connectivity index (χ1v) is 2.18. The van der Waals surface area contributed by atoms with E-state index < -0.39 is 18.6 Å². The Kier molecular flexibility index (Phi) is 2.85. The van der Waals surface area contributed by atoms with Crippen molar-refractivity contribution >= 4 is 12.2 Å². The number of halogens is 3. The number of hydrogen-bond acceptors (Lipinski definition) is 2. The van der Waals surface area contributed by atoms with Crippen LogP contribution in [0.1, 0.15) is 0 Å². The summed E-state index contributed by atoms with van der Waals surface area (Å²) in [5.41, 5.74) is 0. The molecule has 0 rings (SSSR count). The van der Waals surface area contributed by atoms with Crippen LogP contribution in [0.2, 0.25) is 0 Å². The lowest BCUT2D eigenvalue weighted by molar-refractivity contribution is -0.173. The highest BCUT2D eigenvalue weighted by Gasteiger charge is 2.38. The molecule has 0 aliphatic heterocycles. The Morgan fingerprint density at radius 3 is 2.30 bits per heavy atom. The summed E-state index contributed by atoms with van der Waals surface area (Å²) in [6.45, 7) is -0.738. The largest absolute Gasteiger partial charge is 0.471 e. The SMILES string of the molecule is O=[C]CNC(=O)C(F)(F)F. The Hall–Kier alpha value is -1.07. The summed E-state index contributed by atoms with van der Waals surface area (Å²) in [7, 11) is 0. The molecule has 1 radical (unpaired) electrons. The number of hydrogen-bond donors (Lipinski definition) is 1. The van der Waals surface area contributed by atoms with Gasteiger partial charge in [0.2, 0.25) is 6.29 Å². The zero-order valence-electron chi connectivity index (χ0n) is 4.66. The van der Waals surface area contributed by atoms with Gasteiger partial charge in [-0.1, -0.05) is 0 Å². The molecule has 0 bridgehead atoms. The lowest BCUT2D eigenvalue weighted by Gasteiger charge is -2.03. The second-order valence-corrected chi connectivity index (χ2v) is 1.32. The van der Waals surface area contributed by atoms with Gasteiger partial charge in [0, 0.05) is 0 Å². The van der Waals surface area contributed by atoms with Gasteiger partial charge in [-0.05, 0) is 0 Å². The first-order valence-electron chi connectivity index (χ1n) is 2.18. The monoisotopic (exact) mass is 154 g/mol. The quantitative estimate of drug-likeness (QED) is 0.597. The van der Waals surface area contributed by atoms with Gasteiger partial charge in [0.15, 0.2) is 0 Å². The molecule has 0 heterocycles. The molecule has 0 fully saturated rings. The van der Waals surface area contributed by atoms with Crippen molar-refractivity contribution < 1.29 is 22.8 Å². The van der Waals surface area contributed by atoms with Crippen molar-refractivity contribution in [3.63, 3.8) is 0 Å². The Balaban J connectivity index is 3.74. The number of nitrogens with one attached hydrogen (secondary N) is 1. The molecule has 0 aliphatic rings. The third-order valence-corrected chi connectivity index (χ3v) is 0.579. The summed E-state index contributed by atoms with van der Waals surface area (Å²) in [5.74, 6) is -2.13. The predicted molar refractivity (Wildman–Crippen MR) is 24.8 cm³/mol. The smallest absolute Gasteiger partial charge is 0.341 e. The maximum atomic E-state index is 11.2. The van der Waals surface area contributed by atoms with Crippen LogP contribution >= 0.6 is 0 Å². The first-order chi connectivity index (χ1) is 4.48. The molecule has 10 heavy (non-hydrogen) atoms. The van der Waals surface area contributed by atoms with Crippen LogP contribution in [-0.4, -0.2) is 24.9 Å². The van der Waals surface area contributed by atoms with Crippen LogP contribution in [0, 0.1) is 0 Å². The minimum Gasteiger partial charge on any atom is -0.341 e. The van der Waals surface area contributed by atoms with Crippen LogP contribution in [0.3, 0.4) is 0 Å². The van der Waals surface area contributed by atoms with Gasteiger partial charge in [0.1, 0.15) is 0 Å². The van der Waals surface area contributed by atoms with Gasteiger partial charge in [-0.3, -0.25) is 9.59 Å². The highest BCUT2D eigenvalue weighted by molar-refractivity contribution is 5.83. The molecular weight excluding hydrogens is 151 g/mol. The Morgan fingerprint density at radius 1 is 1.50 bits per heavy atom. The van der Waals surface area contributed by atoms with Crippen LogP contribution in [0.5, 0.6) is 0 Å². The molecular formula is C4H3F3NO2. The van der Waals surface area contributed by atoms with Gasteiger partial charge in [-0.15, -0.1) is 0 Å². The fourth-order valence-corrected chi connectivity index (χ4v) is 0.217. The molecule has 3 nitrogen and oxygen atoms in total. The molecule has 0 aromatic rings. The number of amides is 1. The summed E-state index contributed by atoms with van der Waals surface area (Å²) in [6.07, 6.45) is -3.83. The predicted octanol–water partition coefficient (Wildman–Crippen LogP) is -0.225. The molecule has 1 N–H and O–H groups in total. The molecule has 6 heteroatoms. The molecule has 0 saturated heterocycles. The van der Waals surface area contributed by atoms with Crippen molar-refractivity contribution in [2.24, 2.45) is 0 Å². The fraction of sp³-hybridized carbons (Fsp3) is 0.500. The van der Waals surface area contributed by atoms with Gasteiger partial charge >= 0.3 is 12.1 Å². The highest BCUT2D eigenvalue weighted by atomic mass is 19.4. The molecule has 0 aliphatic carbocycles. The van der Waals surface area contributed by atoms with Crippen molar-refractivity contribution in [1.82, 2.24) is 5.32 Å². The zero-order chi connectivity index (χ0) is 8.20. The van der Waals surface area contributed by atoms with E-state index in [9.17, 15) is 22.8 Å². The minimum absolute atomic E-state index is 0.738. The summed E-state index contributed by atoms with van der Waals surface area (Å²) >= 11 is 0. The standard InChI is InChI=1S/C4H3F3NO2/c5-4(6,7)3(10)8-1-2-9/h1H2,(H,8,10). The number of carbonyl (C=O) groups excluding carboxylic acids is 2. The zero-order valence-corrected chi connectivity index (χ0v) is 4.66. The molecule has 0 saturated carbocycles. The Bertz CT molecular complexity index is 142. The molecule has 0 spiro atoms. The van der Waals surface area contributed by atoms with Crippen LogP contribution in [0.15, 0.2) is 0 Å². The normalized spacial score (nSPS) is 10.7. The first kappa shape index (κ1) is 8.93. The lowest BCUT2D eigenvalue weighted by atomic mass is 10.5. The summed E-state index contributed by atoms with van der Waals surface area (Å²) in [4.78, 5) is 19.1. The van der Waals surface area contributed by atoms with Crippen molar-refractivity contribution in [3.05, 3.63) is 0 Å². The highest BCUT2D eigenvalue weighted by Crippen LogP contribution is 2.13. The van der Waals surface area contributed by atoms with E-state index in [-0.39, 0.29) is 0 Å². The van der Waals surface area contributed by atoms with Gasteiger partial charge in [0.25, 0.3) is 0 Å². The average Bonchev–Trinajstić information content (AvgIpc) is 1.80. The van der Waals surface area contributed by atoms with E-state index in [0.717, 1.165) is 6.29 Å². The molecule has 0 unspecified atom stereocenters. The number of alkyl halides is 3. The lowest BCUT2D eigenvalue weighted by Crippen LogP contribution is -2.37. The summed E-state index contributed by atoms with van der Waals surface area (Å²) < 4.78 is 33.7. The van der Waals surface area contributed by atoms with Crippen molar-refractivity contribution in [2.45, 2.75) is 6.18 Å². The van der Waals surface area contributed by atoms with E-state index in [4.69, 9.17) is 0 Å². The van der Waals surface area contributed by atoms with Crippen LogP contribution < -0.4 is 5.32 Å². The maximum absolute atomic E-state index is 11.2. The molecule has 0 aromatic heterocycles. The van der Waals surface area contributed by atoms with Gasteiger partial charge in [0.05, 0.1) is 6.54 Å². The van der Waals surface area contributed by atoms with Crippen LogP contribution in [0.25, 0.3) is 0 Å². The fourth-order valence-electron chi connectivity index (χ4n) is 0.217. The second kappa shape index (κ2) is 3.19. The minimum atomic E-state index is -4.92. The molecule has 0 atom stereocenters. The third-order valence-electron chi connectivity index (χ3n) is 0.579.